The van der Waals surface area contributed by atoms with Gasteiger partial charge >= 0.3 is 12.2 Å². The fourth-order valence-corrected chi connectivity index (χ4v) is 2.05. The number of carbonyl (C=O) groups excluding carboxylic acids is 1. The van der Waals surface area contributed by atoms with Gasteiger partial charge in [-0.05, 0) is 31.4 Å². The van der Waals surface area contributed by atoms with Gasteiger partial charge in [-0.15, -0.1) is 0 Å². The molecule has 1 rings (SSSR count). The third-order valence-electron chi connectivity index (χ3n) is 3.24. The molecular weight excluding hydrogens is 297 g/mol. The van der Waals surface area contributed by atoms with Crippen molar-refractivity contribution >= 4 is 6.03 Å². The number of hydrogen-bond donors (Lipinski definition) is 2. The number of rotatable bonds is 6. The molecule has 1 aromatic rings. The first kappa shape index (κ1) is 18.3. The Morgan fingerprint density at radius 3 is 2.59 bits per heavy atom. The van der Waals surface area contributed by atoms with Crippen LogP contribution in [-0.4, -0.2) is 35.7 Å². The van der Waals surface area contributed by atoms with Crippen LogP contribution in [0.2, 0.25) is 0 Å². The van der Waals surface area contributed by atoms with E-state index in [-0.39, 0.29) is 24.8 Å². The van der Waals surface area contributed by atoms with Crippen molar-refractivity contribution in [3.8, 4) is 0 Å². The number of nitrogens with one attached hydrogen (secondary N) is 1. The highest BCUT2D eigenvalue weighted by Crippen LogP contribution is 2.32. The number of urea groups is 1. The highest BCUT2D eigenvalue weighted by Gasteiger charge is 2.33. The van der Waals surface area contributed by atoms with Crippen LogP contribution < -0.4 is 5.32 Å². The first-order valence-corrected chi connectivity index (χ1v) is 7.03. The molecule has 1 atom stereocenters. The topological polar surface area (TPSA) is 52.6 Å². The zero-order valence-electron chi connectivity index (χ0n) is 12.7. The number of halogens is 3. The van der Waals surface area contributed by atoms with Crippen LogP contribution in [0.5, 0.6) is 0 Å². The van der Waals surface area contributed by atoms with Gasteiger partial charge in [-0.1, -0.05) is 18.2 Å². The van der Waals surface area contributed by atoms with E-state index in [4.69, 9.17) is 5.11 Å². The Labute approximate surface area is 127 Å². The minimum absolute atomic E-state index is 0.0367. The molecule has 2 N–H and O–H groups in total. The second-order valence-corrected chi connectivity index (χ2v) is 5.23. The number of aliphatic hydroxyl groups is 1. The van der Waals surface area contributed by atoms with Crippen LogP contribution in [0.25, 0.3) is 0 Å². The summed E-state index contributed by atoms with van der Waals surface area (Å²) in [7, 11) is 1.45. The predicted molar refractivity (Wildman–Crippen MR) is 77.2 cm³/mol. The van der Waals surface area contributed by atoms with Crippen molar-refractivity contribution in [2.24, 2.45) is 0 Å². The summed E-state index contributed by atoms with van der Waals surface area (Å²) in [6.45, 7) is 1.69. The second kappa shape index (κ2) is 8.03. The lowest BCUT2D eigenvalue weighted by molar-refractivity contribution is -0.138. The van der Waals surface area contributed by atoms with Crippen molar-refractivity contribution < 1.29 is 23.1 Å². The predicted octanol–water partition coefficient (Wildman–Crippen LogP) is 3.01. The van der Waals surface area contributed by atoms with Crippen molar-refractivity contribution in [2.45, 2.75) is 38.5 Å². The van der Waals surface area contributed by atoms with Crippen molar-refractivity contribution in [2.75, 3.05) is 13.7 Å². The first-order chi connectivity index (χ1) is 10.3. The second-order valence-electron chi connectivity index (χ2n) is 5.23. The number of alkyl halides is 3. The van der Waals surface area contributed by atoms with Gasteiger partial charge in [0.25, 0.3) is 0 Å². The molecule has 0 radical (unpaired) electrons. The largest absolute Gasteiger partial charge is 0.416 e. The minimum Gasteiger partial charge on any atom is -0.396 e. The van der Waals surface area contributed by atoms with E-state index in [1.807, 2.05) is 0 Å². The molecule has 0 aliphatic heterocycles. The average Bonchev–Trinajstić information content (AvgIpc) is 2.44. The molecule has 0 aromatic heterocycles. The molecular formula is C15H21F3N2O2. The van der Waals surface area contributed by atoms with Crippen molar-refractivity contribution in [1.82, 2.24) is 10.2 Å². The summed E-state index contributed by atoms with van der Waals surface area (Å²) < 4.78 is 38.7. The van der Waals surface area contributed by atoms with E-state index >= 15 is 0 Å². The zero-order chi connectivity index (χ0) is 16.8. The molecule has 0 aliphatic carbocycles. The summed E-state index contributed by atoms with van der Waals surface area (Å²) >= 11 is 0. The molecule has 1 unspecified atom stereocenters. The van der Waals surface area contributed by atoms with E-state index in [0.717, 1.165) is 6.07 Å². The standard InChI is InChI=1S/C15H21F3N2O2/c1-11(6-5-9-21)19-14(22)20(2)10-12-7-3-4-8-13(12)15(16,17)18/h3-4,7-8,11,21H,5-6,9-10H2,1-2H3,(H,19,22). The number of carbonyl (C=O) groups is 1. The van der Waals surface area contributed by atoms with Gasteiger partial charge in [0.1, 0.15) is 0 Å². The molecule has 0 bridgehead atoms. The Bertz CT molecular complexity index is 492. The summed E-state index contributed by atoms with van der Waals surface area (Å²) in [5, 5.41) is 11.4. The minimum atomic E-state index is -4.44. The normalized spacial score (nSPS) is 12.8. The fraction of sp³-hybridized carbons (Fsp3) is 0.533. The van der Waals surface area contributed by atoms with E-state index in [1.165, 1.54) is 30.1 Å². The van der Waals surface area contributed by atoms with Gasteiger partial charge < -0.3 is 15.3 Å². The molecule has 22 heavy (non-hydrogen) atoms. The monoisotopic (exact) mass is 318 g/mol. The fourth-order valence-electron chi connectivity index (χ4n) is 2.05. The third-order valence-corrected chi connectivity index (χ3v) is 3.24. The van der Waals surface area contributed by atoms with E-state index < -0.39 is 17.8 Å². The Morgan fingerprint density at radius 2 is 2.00 bits per heavy atom. The lowest BCUT2D eigenvalue weighted by Crippen LogP contribution is -2.41. The number of benzene rings is 1. The molecule has 0 saturated carbocycles. The summed E-state index contributed by atoms with van der Waals surface area (Å²) in [6.07, 6.45) is -3.28. The van der Waals surface area contributed by atoms with Crippen molar-refractivity contribution in [1.29, 1.82) is 0 Å². The van der Waals surface area contributed by atoms with E-state index in [0.29, 0.717) is 12.8 Å². The van der Waals surface area contributed by atoms with E-state index in [9.17, 15) is 18.0 Å². The first-order valence-electron chi connectivity index (χ1n) is 7.03. The van der Waals surface area contributed by atoms with Crippen molar-refractivity contribution in [3.05, 3.63) is 35.4 Å². The maximum atomic E-state index is 12.9. The number of amides is 2. The van der Waals surface area contributed by atoms with Gasteiger partial charge in [0.2, 0.25) is 0 Å². The molecule has 7 heteroatoms. The summed E-state index contributed by atoms with van der Waals surface area (Å²) in [4.78, 5) is 13.2. The Kier molecular flexibility index (Phi) is 6.67. The lowest BCUT2D eigenvalue weighted by atomic mass is 10.1. The van der Waals surface area contributed by atoms with Gasteiger partial charge in [0.15, 0.2) is 0 Å². The quantitative estimate of drug-likeness (QED) is 0.847. The Morgan fingerprint density at radius 1 is 1.36 bits per heavy atom. The molecule has 0 saturated heterocycles. The molecule has 2 amide bonds. The third kappa shape index (κ3) is 5.55. The molecule has 0 aliphatic rings. The van der Waals surface area contributed by atoms with Gasteiger partial charge in [0, 0.05) is 26.2 Å². The van der Waals surface area contributed by atoms with Gasteiger partial charge in [-0.25, -0.2) is 4.79 Å². The molecule has 1 aromatic carbocycles. The van der Waals surface area contributed by atoms with E-state index in [1.54, 1.807) is 6.92 Å². The lowest BCUT2D eigenvalue weighted by Gasteiger charge is -2.23. The Hall–Kier alpha value is -1.76. The van der Waals surface area contributed by atoms with Crippen LogP contribution in [-0.2, 0) is 12.7 Å². The smallest absolute Gasteiger partial charge is 0.396 e. The maximum absolute atomic E-state index is 12.9. The molecule has 0 fully saturated rings. The number of nitrogens with zero attached hydrogens (tertiary/aromatic N) is 1. The number of aliphatic hydroxyl groups excluding tert-OH is 1. The SMILES string of the molecule is CC(CCCO)NC(=O)N(C)Cc1ccccc1C(F)(F)F. The van der Waals surface area contributed by atoms with E-state index in [2.05, 4.69) is 5.32 Å². The highest BCUT2D eigenvalue weighted by atomic mass is 19.4. The number of hydrogen-bond acceptors (Lipinski definition) is 2. The molecule has 124 valence electrons. The van der Waals surface area contributed by atoms with Crippen LogP contribution in [0.4, 0.5) is 18.0 Å². The van der Waals surface area contributed by atoms with Gasteiger partial charge in [-0.3, -0.25) is 0 Å². The molecule has 0 spiro atoms. The maximum Gasteiger partial charge on any atom is 0.416 e. The average molecular weight is 318 g/mol. The van der Waals surface area contributed by atoms with Crippen molar-refractivity contribution in [3.63, 3.8) is 0 Å². The van der Waals surface area contributed by atoms with Crippen LogP contribution in [0.15, 0.2) is 24.3 Å². The van der Waals surface area contributed by atoms with Crippen LogP contribution in [0, 0.1) is 0 Å². The summed E-state index contributed by atoms with van der Waals surface area (Å²) in [5.74, 6) is 0. The van der Waals surface area contributed by atoms with Gasteiger partial charge in [0.05, 0.1) is 5.56 Å². The zero-order valence-corrected chi connectivity index (χ0v) is 12.7. The van der Waals surface area contributed by atoms with Crippen LogP contribution in [0.1, 0.15) is 30.9 Å². The van der Waals surface area contributed by atoms with Gasteiger partial charge in [-0.2, -0.15) is 13.2 Å². The Balaban J connectivity index is 2.69. The van der Waals surface area contributed by atoms with Crippen LogP contribution in [0.3, 0.4) is 0 Å². The van der Waals surface area contributed by atoms with Crippen LogP contribution >= 0.6 is 0 Å². The molecule has 0 heterocycles. The summed E-state index contributed by atoms with van der Waals surface area (Å²) in [6, 6.07) is 4.61. The highest BCUT2D eigenvalue weighted by molar-refractivity contribution is 5.74. The summed E-state index contributed by atoms with van der Waals surface area (Å²) in [5.41, 5.74) is -0.682. The molecule has 4 nitrogen and oxygen atoms in total.